The highest BCUT2D eigenvalue weighted by Crippen LogP contribution is 2.41. The Balaban J connectivity index is 1.61. The summed E-state index contributed by atoms with van der Waals surface area (Å²) in [4.78, 5) is 0. The predicted molar refractivity (Wildman–Crippen MR) is 92.4 cm³/mol. The van der Waals surface area contributed by atoms with Crippen LogP contribution in [0, 0.1) is 25.2 Å². The molecule has 2 unspecified atom stereocenters. The van der Waals surface area contributed by atoms with Crippen LogP contribution in [0.25, 0.3) is 0 Å². The van der Waals surface area contributed by atoms with E-state index in [4.69, 9.17) is 4.42 Å². The molecule has 23 heavy (non-hydrogen) atoms. The van der Waals surface area contributed by atoms with Gasteiger partial charge in [-0.25, -0.2) is 0 Å². The van der Waals surface area contributed by atoms with E-state index < -0.39 is 0 Å². The number of aryl methyl sites for hydroxylation is 2. The number of furan rings is 1. The molecule has 0 radical (unpaired) electrons. The molecule has 2 heterocycles. The van der Waals surface area contributed by atoms with Crippen LogP contribution in [-0.4, -0.2) is 16.3 Å². The molecule has 0 aromatic carbocycles. The van der Waals surface area contributed by atoms with E-state index in [2.05, 4.69) is 61.8 Å². The molecule has 0 aliphatic heterocycles. The van der Waals surface area contributed by atoms with E-state index in [1.165, 1.54) is 11.3 Å². The second kappa shape index (κ2) is 6.16. The van der Waals surface area contributed by atoms with Crippen LogP contribution in [0.1, 0.15) is 55.9 Å². The molecule has 0 saturated heterocycles. The van der Waals surface area contributed by atoms with Gasteiger partial charge in [-0.3, -0.25) is 4.68 Å². The van der Waals surface area contributed by atoms with E-state index in [9.17, 15) is 0 Å². The van der Waals surface area contributed by atoms with Gasteiger partial charge in [-0.15, -0.1) is 0 Å². The second-order valence-electron chi connectivity index (χ2n) is 8.02. The molecule has 2 aromatic rings. The van der Waals surface area contributed by atoms with Crippen molar-refractivity contribution in [2.75, 3.05) is 6.54 Å². The standard InChI is InChI=1S/C19H29N3O/c1-13(12-22-15(3)8-14(2)21-22)11-20-17-9-19(4,5)10-18-16(17)6-7-23-18/h6-8,13,17,20H,9-12H2,1-5H3. The Hall–Kier alpha value is -1.55. The average Bonchev–Trinajstić information content (AvgIpc) is 3.01. The van der Waals surface area contributed by atoms with E-state index in [1.54, 1.807) is 0 Å². The van der Waals surface area contributed by atoms with Crippen molar-refractivity contribution in [2.45, 2.75) is 60.0 Å². The number of hydrogen-bond acceptors (Lipinski definition) is 3. The van der Waals surface area contributed by atoms with Crippen molar-refractivity contribution >= 4 is 0 Å². The van der Waals surface area contributed by atoms with Gasteiger partial charge in [0.2, 0.25) is 0 Å². The molecule has 1 N–H and O–H groups in total. The first-order valence-corrected chi connectivity index (χ1v) is 8.65. The van der Waals surface area contributed by atoms with Crippen molar-refractivity contribution in [3.05, 3.63) is 41.1 Å². The van der Waals surface area contributed by atoms with Crippen LogP contribution in [-0.2, 0) is 13.0 Å². The van der Waals surface area contributed by atoms with E-state index >= 15 is 0 Å². The van der Waals surface area contributed by atoms with Gasteiger partial charge in [0.05, 0.1) is 12.0 Å². The van der Waals surface area contributed by atoms with Crippen molar-refractivity contribution in [2.24, 2.45) is 11.3 Å². The molecule has 0 bridgehead atoms. The van der Waals surface area contributed by atoms with Crippen molar-refractivity contribution in [3.63, 3.8) is 0 Å². The summed E-state index contributed by atoms with van der Waals surface area (Å²) in [5.74, 6) is 1.69. The minimum absolute atomic E-state index is 0.293. The van der Waals surface area contributed by atoms with Crippen LogP contribution >= 0.6 is 0 Å². The van der Waals surface area contributed by atoms with Crippen LogP contribution in [0.4, 0.5) is 0 Å². The van der Waals surface area contributed by atoms with E-state index in [0.29, 0.717) is 17.4 Å². The first-order valence-electron chi connectivity index (χ1n) is 8.65. The lowest BCUT2D eigenvalue weighted by atomic mass is 9.74. The lowest BCUT2D eigenvalue weighted by Crippen LogP contribution is -2.35. The zero-order valence-corrected chi connectivity index (χ0v) is 15.0. The molecule has 4 nitrogen and oxygen atoms in total. The first kappa shape index (κ1) is 16.3. The monoisotopic (exact) mass is 315 g/mol. The van der Waals surface area contributed by atoms with Gasteiger partial charge in [-0.2, -0.15) is 5.10 Å². The lowest BCUT2D eigenvalue weighted by molar-refractivity contribution is 0.229. The van der Waals surface area contributed by atoms with Crippen molar-refractivity contribution in [1.29, 1.82) is 0 Å². The van der Waals surface area contributed by atoms with Crippen LogP contribution in [0.3, 0.4) is 0 Å². The second-order valence-corrected chi connectivity index (χ2v) is 8.02. The fraction of sp³-hybridized carbons (Fsp3) is 0.632. The van der Waals surface area contributed by atoms with Gasteiger partial charge in [-0.05, 0) is 43.7 Å². The number of fused-ring (bicyclic) bond motifs is 1. The summed E-state index contributed by atoms with van der Waals surface area (Å²) < 4.78 is 7.81. The number of hydrogen-bond donors (Lipinski definition) is 1. The number of nitrogens with zero attached hydrogens (tertiary/aromatic N) is 2. The Morgan fingerprint density at radius 3 is 2.91 bits per heavy atom. The van der Waals surface area contributed by atoms with Crippen LogP contribution in [0.5, 0.6) is 0 Å². The maximum atomic E-state index is 5.69. The number of aromatic nitrogens is 2. The van der Waals surface area contributed by atoms with Gasteiger partial charge in [0.1, 0.15) is 5.76 Å². The van der Waals surface area contributed by atoms with E-state index in [-0.39, 0.29) is 0 Å². The molecule has 1 aliphatic rings. The van der Waals surface area contributed by atoms with Crippen molar-refractivity contribution in [1.82, 2.24) is 15.1 Å². The average molecular weight is 315 g/mol. The fourth-order valence-electron chi connectivity index (χ4n) is 3.72. The van der Waals surface area contributed by atoms with E-state index in [1.807, 2.05) is 6.26 Å². The Kier molecular flexibility index (Phi) is 4.37. The topological polar surface area (TPSA) is 43.0 Å². The maximum absolute atomic E-state index is 5.69. The SMILES string of the molecule is Cc1cc(C)n(CC(C)CNC2CC(C)(C)Cc3occc32)n1. The molecule has 2 atom stereocenters. The highest BCUT2D eigenvalue weighted by Gasteiger charge is 2.34. The van der Waals surface area contributed by atoms with Crippen LogP contribution in [0.2, 0.25) is 0 Å². The van der Waals surface area contributed by atoms with Crippen molar-refractivity contribution in [3.8, 4) is 0 Å². The summed E-state index contributed by atoms with van der Waals surface area (Å²) in [6.45, 7) is 13.1. The third-order valence-electron chi connectivity index (χ3n) is 4.85. The minimum Gasteiger partial charge on any atom is -0.469 e. The Morgan fingerprint density at radius 1 is 1.43 bits per heavy atom. The van der Waals surface area contributed by atoms with Crippen LogP contribution < -0.4 is 5.32 Å². The van der Waals surface area contributed by atoms with Crippen molar-refractivity contribution < 1.29 is 4.42 Å². The smallest absolute Gasteiger partial charge is 0.109 e. The summed E-state index contributed by atoms with van der Waals surface area (Å²) in [7, 11) is 0. The molecule has 0 amide bonds. The molecular weight excluding hydrogens is 286 g/mol. The molecule has 126 valence electrons. The van der Waals surface area contributed by atoms with Crippen LogP contribution in [0.15, 0.2) is 22.8 Å². The molecule has 3 rings (SSSR count). The fourth-order valence-corrected chi connectivity index (χ4v) is 3.72. The van der Waals surface area contributed by atoms with Gasteiger partial charge >= 0.3 is 0 Å². The summed E-state index contributed by atoms with van der Waals surface area (Å²) in [6.07, 6.45) is 4.03. The molecule has 0 spiro atoms. The summed E-state index contributed by atoms with van der Waals surface area (Å²) in [5.41, 5.74) is 3.98. The third kappa shape index (κ3) is 3.69. The zero-order chi connectivity index (χ0) is 16.6. The molecular formula is C19H29N3O. The Bertz CT molecular complexity index is 668. The summed E-state index contributed by atoms with van der Waals surface area (Å²) in [5, 5.41) is 8.33. The van der Waals surface area contributed by atoms with Gasteiger partial charge in [0.15, 0.2) is 0 Å². The number of nitrogens with one attached hydrogen (secondary N) is 1. The van der Waals surface area contributed by atoms with Gasteiger partial charge in [0.25, 0.3) is 0 Å². The lowest BCUT2D eigenvalue weighted by Gasteiger charge is -2.35. The Morgan fingerprint density at radius 2 is 2.22 bits per heavy atom. The van der Waals surface area contributed by atoms with Gasteiger partial charge in [-0.1, -0.05) is 20.8 Å². The van der Waals surface area contributed by atoms with Gasteiger partial charge < -0.3 is 9.73 Å². The molecule has 1 aliphatic carbocycles. The summed E-state index contributed by atoms with van der Waals surface area (Å²) in [6, 6.07) is 4.67. The van der Waals surface area contributed by atoms with E-state index in [0.717, 1.165) is 37.4 Å². The summed E-state index contributed by atoms with van der Waals surface area (Å²) >= 11 is 0. The largest absolute Gasteiger partial charge is 0.469 e. The first-order chi connectivity index (χ1) is 10.8. The predicted octanol–water partition coefficient (Wildman–Crippen LogP) is 4.03. The molecule has 0 saturated carbocycles. The Labute approximate surface area is 139 Å². The molecule has 4 heteroatoms. The highest BCUT2D eigenvalue weighted by atomic mass is 16.3. The third-order valence-corrected chi connectivity index (χ3v) is 4.85. The quantitative estimate of drug-likeness (QED) is 0.906. The minimum atomic E-state index is 0.293. The zero-order valence-electron chi connectivity index (χ0n) is 15.0. The highest BCUT2D eigenvalue weighted by molar-refractivity contribution is 5.26. The maximum Gasteiger partial charge on any atom is 0.109 e. The number of rotatable bonds is 5. The molecule has 0 fully saturated rings. The van der Waals surface area contributed by atoms with Gasteiger partial charge in [0, 0.05) is 36.8 Å². The molecule has 2 aromatic heterocycles. The normalized spacial score (nSPS) is 21.2.